The van der Waals surface area contributed by atoms with Gasteiger partial charge in [0.25, 0.3) is 0 Å². The van der Waals surface area contributed by atoms with Gasteiger partial charge in [-0.25, -0.2) is 0 Å². The van der Waals surface area contributed by atoms with Crippen LogP contribution in [-0.2, 0) is 19.7 Å². The Kier molecular flexibility index (Phi) is 6.78. The number of methoxy groups -OCH3 is 1. The van der Waals surface area contributed by atoms with Gasteiger partial charge >= 0.3 is 6.36 Å². The van der Waals surface area contributed by atoms with E-state index in [1.165, 1.54) is 12.1 Å². The fourth-order valence-corrected chi connectivity index (χ4v) is 2.67. The molecule has 7 nitrogen and oxygen atoms in total. The normalized spacial score (nSPS) is 11.5. The van der Waals surface area contributed by atoms with Crippen molar-refractivity contribution in [2.24, 2.45) is 0 Å². The summed E-state index contributed by atoms with van der Waals surface area (Å²) in [6, 6.07) is 13.0. The van der Waals surface area contributed by atoms with Crippen molar-refractivity contribution >= 4 is 0 Å². The van der Waals surface area contributed by atoms with Gasteiger partial charge in [0.15, 0.2) is 6.61 Å². The lowest BCUT2D eigenvalue weighted by atomic mass is 10.2. The molecule has 1 heterocycles. The SMILES string of the molecule is COc1ccc(OCc2noc(CN(C)Cc3ccccc3OC(F)(F)F)n2)cc1. The Hall–Kier alpha value is -3.27. The fourth-order valence-electron chi connectivity index (χ4n) is 2.67. The van der Waals surface area contributed by atoms with Crippen LogP contribution in [-0.4, -0.2) is 35.6 Å². The molecule has 0 saturated heterocycles. The Labute approximate surface area is 171 Å². The van der Waals surface area contributed by atoms with Crippen molar-refractivity contribution in [3.05, 3.63) is 65.8 Å². The lowest BCUT2D eigenvalue weighted by Crippen LogP contribution is -2.21. The van der Waals surface area contributed by atoms with Crippen LogP contribution in [0.4, 0.5) is 13.2 Å². The molecule has 160 valence electrons. The van der Waals surface area contributed by atoms with E-state index >= 15 is 0 Å². The molecule has 0 N–H and O–H groups in total. The van der Waals surface area contributed by atoms with Crippen LogP contribution in [0.2, 0.25) is 0 Å². The first-order chi connectivity index (χ1) is 14.3. The van der Waals surface area contributed by atoms with E-state index in [9.17, 15) is 13.2 Å². The maximum absolute atomic E-state index is 12.6. The number of hydrogen-bond donors (Lipinski definition) is 0. The van der Waals surface area contributed by atoms with Gasteiger partial charge in [-0.1, -0.05) is 23.4 Å². The van der Waals surface area contributed by atoms with Crippen molar-refractivity contribution in [3.8, 4) is 17.2 Å². The standard InChI is InChI=1S/C20H20F3N3O4/c1-26(11-14-5-3-4-6-17(14)29-20(21,22)23)12-19-24-18(25-30-19)13-28-16-9-7-15(27-2)8-10-16/h3-10H,11-13H2,1-2H3. The molecule has 30 heavy (non-hydrogen) atoms. The van der Waals surface area contributed by atoms with Crippen LogP contribution in [0.5, 0.6) is 17.2 Å². The second kappa shape index (κ2) is 9.49. The summed E-state index contributed by atoms with van der Waals surface area (Å²) >= 11 is 0. The minimum Gasteiger partial charge on any atom is -0.497 e. The van der Waals surface area contributed by atoms with Crippen molar-refractivity contribution in [1.82, 2.24) is 15.0 Å². The number of benzene rings is 2. The van der Waals surface area contributed by atoms with Crippen LogP contribution in [0.3, 0.4) is 0 Å². The van der Waals surface area contributed by atoms with Gasteiger partial charge in [-0.05, 0) is 37.4 Å². The van der Waals surface area contributed by atoms with Crippen molar-refractivity contribution in [2.45, 2.75) is 26.1 Å². The summed E-state index contributed by atoms with van der Waals surface area (Å²) in [6.45, 7) is 0.560. The molecule has 0 saturated carbocycles. The molecule has 0 unspecified atom stereocenters. The zero-order valence-electron chi connectivity index (χ0n) is 16.3. The first kappa shape index (κ1) is 21.4. The van der Waals surface area contributed by atoms with E-state index in [0.717, 1.165) is 5.75 Å². The first-order valence-electron chi connectivity index (χ1n) is 8.93. The predicted octanol–water partition coefficient (Wildman–Crippen LogP) is 4.19. The lowest BCUT2D eigenvalue weighted by Gasteiger charge is -2.18. The van der Waals surface area contributed by atoms with E-state index in [1.807, 2.05) is 0 Å². The lowest BCUT2D eigenvalue weighted by molar-refractivity contribution is -0.275. The molecular formula is C20H20F3N3O4. The monoisotopic (exact) mass is 423 g/mol. The molecule has 0 bridgehead atoms. The summed E-state index contributed by atoms with van der Waals surface area (Å²) in [7, 11) is 3.30. The predicted molar refractivity (Wildman–Crippen MR) is 99.9 cm³/mol. The molecule has 3 aromatic rings. The van der Waals surface area contributed by atoms with Crippen molar-refractivity contribution in [2.75, 3.05) is 14.2 Å². The highest BCUT2D eigenvalue weighted by atomic mass is 19.4. The average molecular weight is 423 g/mol. The van der Waals surface area contributed by atoms with Gasteiger partial charge in [0.1, 0.15) is 17.2 Å². The number of para-hydroxylation sites is 1. The highest BCUT2D eigenvalue weighted by Crippen LogP contribution is 2.27. The molecule has 0 atom stereocenters. The van der Waals surface area contributed by atoms with Gasteiger partial charge in [-0.2, -0.15) is 4.98 Å². The molecule has 10 heteroatoms. The van der Waals surface area contributed by atoms with Crippen molar-refractivity contribution < 1.29 is 31.9 Å². The second-order valence-corrected chi connectivity index (χ2v) is 6.40. The number of hydrogen-bond acceptors (Lipinski definition) is 7. The zero-order valence-corrected chi connectivity index (χ0v) is 16.3. The largest absolute Gasteiger partial charge is 0.573 e. The Bertz CT molecular complexity index is 945. The molecule has 0 amide bonds. The molecule has 0 fully saturated rings. The van der Waals surface area contributed by atoms with Crippen molar-refractivity contribution in [1.29, 1.82) is 0 Å². The maximum Gasteiger partial charge on any atom is 0.573 e. The fraction of sp³-hybridized carbons (Fsp3) is 0.300. The molecule has 1 aromatic heterocycles. The van der Waals surface area contributed by atoms with Gasteiger partial charge in [0, 0.05) is 12.1 Å². The van der Waals surface area contributed by atoms with Gasteiger partial charge in [0.2, 0.25) is 11.7 Å². The van der Waals surface area contributed by atoms with Gasteiger partial charge in [0.05, 0.1) is 13.7 Å². The van der Waals surface area contributed by atoms with E-state index in [2.05, 4.69) is 14.9 Å². The van der Waals surface area contributed by atoms with Crippen LogP contribution in [0.25, 0.3) is 0 Å². The van der Waals surface area contributed by atoms with Gasteiger partial charge < -0.3 is 18.7 Å². The number of rotatable bonds is 9. The van der Waals surface area contributed by atoms with E-state index in [0.29, 0.717) is 23.0 Å². The number of ether oxygens (including phenoxy) is 3. The van der Waals surface area contributed by atoms with Crippen LogP contribution in [0, 0.1) is 0 Å². The molecule has 2 aromatic carbocycles. The summed E-state index contributed by atoms with van der Waals surface area (Å²) in [5, 5.41) is 3.86. The summed E-state index contributed by atoms with van der Waals surface area (Å²) in [5.41, 5.74) is 0.389. The topological polar surface area (TPSA) is 69.9 Å². The van der Waals surface area contributed by atoms with Crippen LogP contribution in [0.15, 0.2) is 53.1 Å². The zero-order chi connectivity index (χ0) is 21.6. The molecule has 0 spiro atoms. The van der Waals surface area contributed by atoms with Crippen LogP contribution >= 0.6 is 0 Å². The Morgan fingerprint density at radius 2 is 1.70 bits per heavy atom. The molecular weight excluding hydrogens is 403 g/mol. The smallest absolute Gasteiger partial charge is 0.497 e. The first-order valence-corrected chi connectivity index (χ1v) is 8.93. The van der Waals surface area contributed by atoms with Crippen molar-refractivity contribution in [3.63, 3.8) is 0 Å². The Balaban J connectivity index is 1.54. The van der Waals surface area contributed by atoms with E-state index < -0.39 is 6.36 Å². The average Bonchev–Trinajstić information content (AvgIpc) is 3.14. The Morgan fingerprint density at radius 1 is 1.00 bits per heavy atom. The number of nitrogens with zero attached hydrogens (tertiary/aromatic N) is 3. The highest BCUT2D eigenvalue weighted by Gasteiger charge is 2.32. The number of halogens is 3. The van der Waals surface area contributed by atoms with Crippen LogP contribution < -0.4 is 14.2 Å². The summed E-state index contributed by atoms with van der Waals surface area (Å²) < 4.78 is 57.6. The number of aromatic nitrogens is 2. The highest BCUT2D eigenvalue weighted by molar-refractivity contribution is 5.33. The van der Waals surface area contributed by atoms with E-state index in [4.69, 9.17) is 14.0 Å². The third kappa shape index (κ3) is 6.38. The van der Waals surface area contributed by atoms with Gasteiger partial charge in [-0.3, -0.25) is 4.90 Å². The van der Waals surface area contributed by atoms with E-state index in [1.54, 1.807) is 55.5 Å². The van der Waals surface area contributed by atoms with Gasteiger partial charge in [-0.15, -0.1) is 13.2 Å². The minimum absolute atomic E-state index is 0.113. The minimum atomic E-state index is -4.75. The molecule has 0 radical (unpaired) electrons. The van der Waals surface area contributed by atoms with E-state index in [-0.39, 0.29) is 25.4 Å². The third-order valence-corrected chi connectivity index (χ3v) is 3.98. The number of alkyl halides is 3. The molecule has 0 aliphatic rings. The molecule has 3 rings (SSSR count). The van der Waals surface area contributed by atoms with Crippen LogP contribution in [0.1, 0.15) is 17.3 Å². The second-order valence-electron chi connectivity index (χ2n) is 6.40. The maximum atomic E-state index is 12.6. The summed E-state index contributed by atoms with van der Waals surface area (Å²) in [6.07, 6.45) is -4.75. The quantitative estimate of drug-likeness (QED) is 0.511. The Morgan fingerprint density at radius 3 is 2.40 bits per heavy atom. The summed E-state index contributed by atoms with van der Waals surface area (Å²) in [5.74, 6) is 1.78. The molecule has 0 aliphatic carbocycles. The third-order valence-electron chi connectivity index (χ3n) is 3.98. The molecule has 0 aliphatic heterocycles. The summed E-state index contributed by atoms with van der Waals surface area (Å²) in [4.78, 5) is 5.98.